The molecule has 2 aromatic rings. The molecule has 0 spiro atoms. The molecule has 0 amide bonds. The van der Waals surface area contributed by atoms with Gasteiger partial charge >= 0.3 is 17.1 Å². The smallest absolute Gasteiger partial charge is 0.214 e. The van der Waals surface area contributed by atoms with E-state index >= 15 is 0 Å². The molecule has 0 radical (unpaired) electrons. The predicted octanol–water partition coefficient (Wildman–Crippen LogP) is 6.14. The van der Waals surface area contributed by atoms with Crippen LogP contribution < -0.4 is 0 Å². The number of thioether (sulfide) groups is 1. The van der Waals surface area contributed by atoms with Crippen LogP contribution >= 0.6 is 58.2 Å². The van der Waals surface area contributed by atoms with Crippen LogP contribution in [-0.4, -0.2) is 6.26 Å². The summed E-state index contributed by atoms with van der Waals surface area (Å²) in [5.41, 5.74) is 0. The fourth-order valence-electron chi connectivity index (χ4n) is 0.988. The molecule has 0 unspecified atom stereocenters. The fourth-order valence-corrected chi connectivity index (χ4v) is 3.03. The Morgan fingerprint density at radius 3 is 1.82 bits per heavy atom. The standard InChI is InChI=1S/C6H3Cl4S.C5H5.Fe/c1-11-6-4(9)2(7)3(8)5(6)10;1-2-4-5-3-1;/h1H3;1-5H;/q2*-1;+2. The van der Waals surface area contributed by atoms with Crippen LogP contribution in [0.2, 0.25) is 20.1 Å². The molecule has 2 aromatic carbocycles. The zero-order chi connectivity index (χ0) is 12.1. The van der Waals surface area contributed by atoms with Crippen molar-refractivity contribution < 1.29 is 17.1 Å². The Morgan fingerprint density at radius 2 is 1.65 bits per heavy atom. The zero-order valence-electron chi connectivity index (χ0n) is 8.66. The molecule has 0 N–H and O–H groups in total. The van der Waals surface area contributed by atoms with Crippen LogP contribution in [-0.2, 0) is 17.1 Å². The predicted molar refractivity (Wildman–Crippen MR) is 75.9 cm³/mol. The second kappa shape index (κ2) is 8.77. The molecular weight excluding hydrogens is 362 g/mol. The van der Waals surface area contributed by atoms with Gasteiger partial charge in [0.15, 0.2) is 0 Å². The summed E-state index contributed by atoms with van der Waals surface area (Å²) >= 11 is 24.5. The van der Waals surface area contributed by atoms with E-state index in [0.717, 1.165) is 4.90 Å². The van der Waals surface area contributed by atoms with Crippen molar-refractivity contribution in [3.63, 3.8) is 0 Å². The molecule has 0 bridgehead atoms. The Balaban J connectivity index is 0.000000360. The van der Waals surface area contributed by atoms with Crippen LogP contribution in [0.1, 0.15) is 0 Å². The van der Waals surface area contributed by atoms with E-state index in [1.54, 1.807) is 0 Å². The minimum atomic E-state index is 0. The van der Waals surface area contributed by atoms with Gasteiger partial charge in [0.25, 0.3) is 0 Å². The largest absolute Gasteiger partial charge is 2.00 e. The molecule has 0 aromatic heterocycles. The van der Waals surface area contributed by atoms with Crippen molar-refractivity contribution in [2.45, 2.75) is 4.90 Å². The SMILES string of the molecule is CSc1c(Cl)c(Cl)c(Cl)[c-]1Cl.[Fe+2].c1cc[cH-]c1. The number of halogens is 4. The first-order valence-electron chi connectivity index (χ1n) is 4.28. The molecule has 0 aliphatic heterocycles. The van der Waals surface area contributed by atoms with E-state index in [-0.39, 0.29) is 17.1 Å². The molecule has 0 saturated carbocycles. The third kappa shape index (κ3) is 4.72. The van der Waals surface area contributed by atoms with Crippen molar-refractivity contribution in [2.24, 2.45) is 0 Å². The van der Waals surface area contributed by atoms with Gasteiger partial charge in [-0.2, -0.15) is 64.8 Å². The van der Waals surface area contributed by atoms with Crippen molar-refractivity contribution in [1.29, 1.82) is 0 Å². The van der Waals surface area contributed by atoms with Gasteiger partial charge < -0.3 is 0 Å². The van der Waals surface area contributed by atoms with Crippen molar-refractivity contribution in [3.05, 3.63) is 50.4 Å². The third-order valence-corrected chi connectivity index (χ3v) is 4.58. The number of hydrogen-bond acceptors (Lipinski definition) is 1. The second-order valence-corrected chi connectivity index (χ2v) is 5.08. The summed E-state index contributed by atoms with van der Waals surface area (Å²) in [6, 6.07) is 10.0. The van der Waals surface area contributed by atoms with Gasteiger partial charge in [0.05, 0.1) is 0 Å². The summed E-state index contributed by atoms with van der Waals surface area (Å²) in [7, 11) is 0. The van der Waals surface area contributed by atoms with E-state index in [1.165, 1.54) is 11.8 Å². The van der Waals surface area contributed by atoms with E-state index in [2.05, 4.69) is 0 Å². The topological polar surface area (TPSA) is 0 Å². The summed E-state index contributed by atoms with van der Waals surface area (Å²) in [4.78, 5) is 0.739. The van der Waals surface area contributed by atoms with E-state index in [0.29, 0.717) is 20.1 Å². The summed E-state index contributed by atoms with van der Waals surface area (Å²) in [6.45, 7) is 0. The van der Waals surface area contributed by atoms with Gasteiger partial charge in [-0.3, -0.25) is 0 Å². The Hall–Kier alpha value is 0.729. The van der Waals surface area contributed by atoms with Crippen LogP contribution in [0.3, 0.4) is 0 Å². The van der Waals surface area contributed by atoms with Gasteiger partial charge in [0.2, 0.25) is 0 Å². The molecule has 6 heteroatoms. The number of rotatable bonds is 1. The molecule has 2 rings (SSSR count). The molecule has 17 heavy (non-hydrogen) atoms. The van der Waals surface area contributed by atoms with E-state index in [9.17, 15) is 0 Å². The molecular formula is C11H8Cl4FeS. The Labute approximate surface area is 136 Å². The first-order chi connectivity index (χ1) is 7.59. The van der Waals surface area contributed by atoms with Gasteiger partial charge in [-0.25, -0.2) is 12.1 Å². The molecule has 0 atom stereocenters. The van der Waals surface area contributed by atoms with Gasteiger partial charge in [0, 0.05) is 0 Å². The average molecular weight is 370 g/mol. The van der Waals surface area contributed by atoms with E-state index in [4.69, 9.17) is 46.4 Å². The van der Waals surface area contributed by atoms with Gasteiger partial charge in [-0.15, -0.1) is 11.6 Å². The van der Waals surface area contributed by atoms with E-state index in [1.807, 2.05) is 36.6 Å². The molecule has 0 heterocycles. The normalized spacial score (nSPS) is 9.24. The van der Waals surface area contributed by atoms with Gasteiger partial charge in [-0.05, 0) is 16.3 Å². The summed E-state index contributed by atoms with van der Waals surface area (Å²) in [5.74, 6) is 0. The summed E-state index contributed by atoms with van der Waals surface area (Å²) in [6.07, 6.45) is 1.86. The van der Waals surface area contributed by atoms with E-state index < -0.39 is 0 Å². The molecule has 94 valence electrons. The third-order valence-electron chi connectivity index (χ3n) is 1.74. The summed E-state index contributed by atoms with van der Waals surface area (Å²) in [5, 5.41) is 1.55. The average Bonchev–Trinajstić information content (AvgIpc) is 2.90. The van der Waals surface area contributed by atoms with Crippen molar-refractivity contribution in [2.75, 3.05) is 6.26 Å². The Bertz CT molecular complexity index is 394. The van der Waals surface area contributed by atoms with Crippen LogP contribution in [0.4, 0.5) is 0 Å². The minimum Gasteiger partial charge on any atom is -0.214 e. The molecule has 0 saturated heterocycles. The van der Waals surface area contributed by atoms with Crippen molar-refractivity contribution >= 4 is 58.2 Å². The summed E-state index contributed by atoms with van der Waals surface area (Å²) < 4.78 is 0. The van der Waals surface area contributed by atoms with Crippen LogP contribution in [0.15, 0.2) is 35.2 Å². The van der Waals surface area contributed by atoms with Crippen LogP contribution in [0.5, 0.6) is 0 Å². The second-order valence-electron chi connectivity index (χ2n) is 2.75. The van der Waals surface area contributed by atoms with Crippen LogP contribution in [0, 0.1) is 0 Å². The maximum Gasteiger partial charge on any atom is 2.00 e. The molecule has 0 aliphatic rings. The van der Waals surface area contributed by atoms with Crippen LogP contribution in [0.25, 0.3) is 0 Å². The maximum absolute atomic E-state index is 5.80. The minimum absolute atomic E-state index is 0. The Morgan fingerprint density at radius 1 is 1.12 bits per heavy atom. The van der Waals surface area contributed by atoms with Crippen molar-refractivity contribution in [1.82, 2.24) is 0 Å². The molecule has 0 fully saturated rings. The maximum atomic E-state index is 5.80. The van der Waals surface area contributed by atoms with Gasteiger partial charge in [-0.1, -0.05) is 14.9 Å². The fraction of sp³-hybridized carbons (Fsp3) is 0.0909. The number of hydrogen-bond donors (Lipinski definition) is 0. The molecule has 0 nitrogen and oxygen atoms in total. The quantitative estimate of drug-likeness (QED) is 0.330. The van der Waals surface area contributed by atoms with Crippen molar-refractivity contribution in [3.8, 4) is 0 Å². The molecule has 0 aliphatic carbocycles. The Kier molecular flexibility index (Phi) is 9.14. The first kappa shape index (κ1) is 17.7. The zero-order valence-corrected chi connectivity index (χ0v) is 13.6. The monoisotopic (exact) mass is 368 g/mol. The first-order valence-corrected chi connectivity index (χ1v) is 7.02. The van der Waals surface area contributed by atoms with Gasteiger partial charge in [0.1, 0.15) is 0 Å².